The largest absolute Gasteiger partial charge is 0.497 e. The summed E-state index contributed by atoms with van der Waals surface area (Å²) in [6.07, 6.45) is 0.792. The van der Waals surface area contributed by atoms with Gasteiger partial charge in [0.1, 0.15) is 5.75 Å². The van der Waals surface area contributed by atoms with Gasteiger partial charge in [0.25, 0.3) is 0 Å². The van der Waals surface area contributed by atoms with E-state index >= 15 is 0 Å². The zero-order valence-electron chi connectivity index (χ0n) is 21.9. The minimum Gasteiger partial charge on any atom is -0.497 e. The molecule has 7 nitrogen and oxygen atoms in total. The fourth-order valence-corrected chi connectivity index (χ4v) is 4.75. The van der Waals surface area contributed by atoms with E-state index in [-0.39, 0.29) is 0 Å². The second-order valence-corrected chi connectivity index (χ2v) is 9.03. The van der Waals surface area contributed by atoms with Gasteiger partial charge < -0.3 is 34.1 Å². The maximum Gasteiger partial charge on any atom is 0.203 e. The molecule has 0 unspecified atom stereocenters. The molecule has 0 fully saturated rings. The van der Waals surface area contributed by atoms with Crippen molar-refractivity contribution in [3.8, 4) is 23.0 Å². The zero-order valence-corrected chi connectivity index (χ0v) is 22.7. The molecule has 8 heteroatoms. The van der Waals surface area contributed by atoms with Crippen molar-refractivity contribution in [2.24, 2.45) is 0 Å². The van der Waals surface area contributed by atoms with Crippen molar-refractivity contribution in [3.63, 3.8) is 0 Å². The fraction of sp³-hybridized carbons (Fsp3) is 0.276. The Balaban J connectivity index is 1.64. The molecule has 0 bridgehead atoms. The van der Waals surface area contributed by atoms with Crippen LogP contribution < -0.4 is 24.3 Å². The van der Waals surface area contributed by atoms with Crippen molar-refractivity contribution in [2.45, 2.75) is 19.9 Å². The Kier molecular flexibility index (Phi) is 8.40. The third kappa shape index (κ3) is 5.91. The topological polar surface area (TPSA) is 68.0 Å². The number of fused-ring (bicyclic) bond motifs is 1. The normalized spacial score (nSPS) is 10.7. The van der Waals surface area contributed by atoms with Crippen molar-refractivity contribution in [3.05, 3.63) is 77.5 Å². The smallest absolute Gasteiger partial charge is 0.203 e. The summed E-state index contributed by atoms with van der Waals surface area (Å²) in [5.74, 6) is 2.62. The number of para-hydroxylation sites is 1. The van der Waals surface area contributed by atoms with E-state index in [2.05, 4.69) is 34.3 Å². The molecule has 2 N–H and O–H groups in total. The number of benzene rings is 3. The van der Waals surface area contributed by atoms with Gasteiger partial charge in [0.2, 0.25) is 5.75 Å². The molecular weight excluding hydrogens is 486 g/mol. The molecule has 4 rings (SSSR count). The summed E-state index contributed by atoms with van der Waals surface area (Å²) in [7, 11) is 6.53. The maximum atomic E-state index is 5.89. The van der Waals surface area contributed by atoms with Crippen molar-refractivity contribution < 1.29 is 18.9 Å². The standard InChI is InChI=1S/C29H33N3O4S/c1-19-23(24-17-22(33-2)11-12-25(24)30-19)13-14-32(29(37)31-21-9-7-6-8-10-21)18-20-15-26(34-3)28(36-5)27(16-20)35-4/h6-12,15-17,30H,13-14,18H2,1-5H3,(H,31,37). The van der Waals surface area contributed by atoms with Crippen LogP contribution in [0.2, 0.25) is 0 Å². The van der Waals surface area contributed by atoms with Crippen LogP contribution in [-0.2, 0) is 13.0 Å². The summed E-state index contributed by atoms with van der Waals surface area (Å²) < 4.78 is 22.1. The minimum atomic E-state index is 0.556. The van der Waals surface area contributed by atoms with E-state index in [0.717, 1.165) is 40.0 Å². The molecule has 0 aliphatic heterocycles. The number of methoxy groups -OCH3 is 4. The van der Waals surface area contributed by atoms with Crippen LogP contribution in [0.4, 0.5) is 5.69 Å². The monoisotopic (exact) mass is 519 g/mol. The highest BCUT2D eigenvalue weighted by molar-refractivity contribution is 7.80. The van der Waals surface area contributed by atoms with Crippen molar-refractivity contribution >= 4 is 33.9 Å². The van der Waals surface area contributed by atoms with E-state index in [4.69, 9.17) is 31.2 Å². The minimum absolute atomic E-state index is 0.556. The summed E-state index contributed by atoms with van der Waals surface area (Å²) in [6.45, 7) is 3.35. The lowest BCUT2D eigenvalue weighted by Gasteiger charge is -2.27. The predicted molar refractivity (Wildman–Crippen MR) is 152 cm³/mol. The van der Waals surface area contributed by atoms with Crippen LogP contribution in [0.5, 0.6) is 23.0 Å². The van der Waals surface area contributed by atoms with Crippen LogP contribution in [0.25, 0.3) is 10.9 Å². The first-order chi connectivity index (χ1) is 18.0. The van der Waals surface area contributed by atoms with Gasteiger partial charge >= 0.3 is 0 Å². The molecule has 1 heterocycles. The number of ether oxygens (including phenoxy) is 4. The Morgan fingerprint density at radius 3 is 2.22 bits per heavy atom. The van der Waals surface area contributed by atoms with E-state index in [0.29, 0.717) is 35.5 Å². The highest BCUT2D eigenvalue weighted by Gasteiger charge is 2.18. The van der Waals surface area contributed by atoms with E-state index in [9.17, 15) is 0 Å². The zero-order chi connectivity index (χ0) is 26.4. The first-order valence-corrected chi connectivity index (χ1v) is 12.4. The lowest BCUT2D eigenvalue weighted by atomic mass is 10.1. The van der Waals surface area contributed by atoms with Gasteiger partial charge in [-0.05, 0) is 79.2 Å². The molecule has 0 spiro atoms. The van der Waals surface area contributed by atoms with Crippen molar-refractivity contribution in [1.82, 2.24) is 9.88 Å². The Labute approximate surface area is 223 Å². The van der Waals surface area contributed by atoms with E-state index in [1.807, 2.05) is 48.5 Å². The van der Waals surface area contributed by atoms with Crippen LogP contribution in [0.15, 0.2) is 60.7 Å². The molecule has 0 aliphatic carbocycles. The number of nitrogens with one attached hydrogen (secondary N) is 2. The predicted octanol–water partition coefficient (Wildman–Crippen LogP) is 5.95. The highest BCUT2D eigenvalue weighted by atomic mass is 32.1. The van der Waals surface area contributed by atoms with Gasteiger partial charge in [0, 0.05) is 35.4 Å². The van der Waals surface area contributed by atoms with Gasteiger partial charge in [-0.3, -0.25) is 0 Å². The molecule has 37 heavy (non-hydrogen) atoms. The molecule has 0 atom stereocenters. The molecule has 3 aromatic carbocycles. The Hall–Kier alpha value is -3.91. The summed E-state index contributed by atoms with van der Waals surface area (Å²) in [5, 5.41) is 5.18. The lowest BCUT2D eigenvalue weighted by Crippen LogP contribution is -2.36. The average Bonchev–Trinajstić information content (AvgIpc) is 3.24. The second-order valence-electron chi connectivity index (χ2n) is 8.64. The number of thiocarbonyl (C=S) groups is 1. The van der Waals surface area contributed by atoms with Crippen LogP contribution in [-0.4, -0.2) is 50.0 Å². The van der Waals surface area contributed by atoms with Gasteiger partial charge in [-0.15, -0.1) is 0 Å². The number of anilines is 1. The van der Waals surface area contributed by atoms with Gasteiger partial charge in [-0.2, -0.15) is 0 Å². The summed E-state index contributed by atoms with van der Waals surface area (Å²) in [4.78, 5) is 5.65. The molecule has 0 saturated heterocycles. The van der Waals surface area contributed by atoms with Crippen LogP contribution in [0.1, 0.15) is 16.8 Å². The number of H-pyrrole nitrogens is 1. The van der Waals surface area contributed by atoms with Gasteiger partial charge in [0.05, 0.1) is 28.4 Å². The van der Waals surface area contributed by atoms with E-state index in [1.165, 1.54) is 5.56 Å². The van der Waals surface area contributed by atoms with E-state index in [1.54, 1.807) is 28.4 Å². The van der Waals surface area contributed by atoms with Crippen LogP contribution >= 0.6 is 12.2 Å². The van der Waals surface area contributed by atoms with Crippen molar-refractivity contribution in [1.29, 1.82) is 0 Å². The SMILES string of the molecule is COc1ccc2[nH]c(C)c(CCN(Cc3cc(OC)c(OC)c(OC)c3)C(=S)Nc3ccccc3)c2c1. The molecule has 4 aromatic rings. The van der Waals surface area contributed by atoms with Gasteiger partial charge in [0.15, 0.2) is 16.6 Å². The maximum absolute atomic E-state index is 5.89. The summed E-state index contributed by atoms with van der Waals surface area (Å²) in [6, 6.07) is 20.0. The average molecular weight is 520 g/mol. The van der Waals surface area contributed by atoms with E-state index < -0.39 is 0 Å². The number of hydrogen-bond acceptors (Lipinski definition) is 5. The number of rotatable bonds is 10. The number of aromatic nitrogens is 1. The number of aryl methyl sites for hydroxylation is 1. The highest BCUT2D eigenvalue weighted by Crippen LogP contribution is 2.38. The van der Waals surface area contributed by atoms with Crippen molar-refractivity contribution in [2.75, 3.05) is 40.3 Å². The number of nitrogens with zero attached hydrogens (tertiary/aromatic N) is 1. The van der Waals surface area contributed by atoms with Crippen LogP contribution in [0, 0.1) is 6.92 Å². The van der Waals surface area contributed by atoms with Gasteiger partial charge in [-0.1, -0.05) is 18.2 Å². The summed E-state index contributed by atoms with van der Waals surface area (Å²) in [5.41, 5.74) is 5.40. The lowest BCUT2D eigenvalue weighted by molar-refractivity contribution is 0.322. The van der Waals surface area contributed by atoms with Crippen LogP contribution in [0.3, 0.4) is 0 Å². The fourth-order valence-electron chi connectivity index (χ4n) is 4.48. The molecule has 0 radical (unpaired) electrons. The second kappa shape index (κ2) is 11.9. The Bertz CT molecular complexity index is 1350. The molecule has 0 aliphatic rings. The molecule has 194 valence electrons. The number of aromatic amines is 1. The summed E-state index contributed by atoms with van der Waals surface area (Å²) >= 11 is 5.89. The third-order valence-electron chi connectivity index (χ3n) is 6.37. The molecule has 1 aromatic heterocycles. The Morgan fingerprint density at radius 1 is 0.892 bits per heavy atom. The molecule has 0 amide bonds. The number of hydrogen-bond donors (Lipinski definition) is 2. The first-order valence-electron chi connectivity index (χ1n) is 12.0. The third-order valence-corrected chi connectivity index (χ3v) is 6.73. The molecule has 0 saturated carbocycles. The molecular formula is C29H33N3O4S. The quantitative estimate of drug-likeness (QED) is 0.251. The Morgan fingerprint density at radius 2 is 1.59 bits per heavy atom. The first kappa shape index (κ1) is 26.2. The van der Waals surface area contributed by atoms with Gasteiger partial charge in [-0.25, -0.2) is 0 Å².